The zero-order valence-corrected chi connectivity index (χ0v) is 14.7. The smallest absolute Gasteiger partial charge is 1.00 e. The number of hydrogen-bond acceptors (Lipinski definition) is 2. The first kappa shape index (κ1) is 20.2. The standard InChI is InChI=1S/C8H18S2.2Na.2H/c1-3-5-7-9-10-8-6-4-2;;;;/h3-8H2,1-2H3;;;;/q;2*+1;2*-1. The first-order valence-corrected chi connectivity index (χ1v) is 6.65. The van der Waals surface area contributed by atoms with Crippen molar-refractivity contribution in [3.8, 4) is 0 Å². The van der Waals surface area contributed by atoms with E-state index in [1.807, 2.05) is 21.6 Å². The Bertz CT molecular complexity index is 63.3. The van der Waals surface area contributed by atoms with Crippen molar-refractivity contribution in [2.45, 2.75) is 39.5 Å². The quantitative estimate of drug-likeness (QED) is 0.285. The third-order valence-corrected chi connectivity index (χ3v) is 3.82. The van der Waals surface area contributed by atoms with Crippen LogP contribution in [0.5, 0.6) is 0 Å². The fraction of sp³-hybridized carbons (Fsp3) is 1.00. The van der Waals surface area contributed by atoms with Gasteiger partial charge in [0, 0.05) is 11.5 Å². The summed E-state index contributed by atoms with van der Waals surface area (Å²) in [5.74, 6) is 2.68. The molecule has 0 heterocycles. The summed E-state index contributed by atoms with van der Waals surface area (Å²) >= 11 is 0. The maximum Gasteiger partial charge on any atom is 1.00 e. The third kappa shape index (κ3) is 18.5. The van der Waals surface area contributed by atoms with Gasteiger partial charge in [-0.15, -0.1) is 0 Å². The molecule has 0 bridgehead atoms. The van der Waals surface area contributed by atoms with Crippen LogP contribution in [0.3, 0.4) is 0 Å². The summed E-state index contributed by atoms with van der Waals surface area (Å²) < 4.78 is 0. The van der Waals surface area contributed by atoms with Crippen molar-refractivity contribution in [2.24, 2.45) is 0 Å². The summed E-state index contributed by atoms with van der Waals surface area (Å²) in [4.78, 5) is 0. The molecule has 0 aliphatic carbocycles. The average molecular weight is 226 g/mol. The van der Waals surface area contributed by atoms with Crippen molar-refractivity contribution < 1.29 is 62.0 Å². The van der Waals surface area contributed by atoms with Crippen molar-refractivity contribution in [1.29, 1.82) is 0 Å². The summed E-state index contributed by atoms with van der Waals surface area (Å²) in [7, 11) is 4.07. The summed E-state index contributed by atoms with van der Waals surface area (Å²) in [5.41, 5.74) is 0. The topological polar surface area (TPSA) is 0 Å². The fourth-order valence-electron chi connectivity index (χ4n) is 0.524. The van der Waals surface area contributed by atoms with Crippen LogP contribution in [0, 0.1) is 0 Å². The molecule has 0 fully saturated rings. The van der Waals surface area contributed by atoms with E-state index in [2.05, 4.69) is 13.8 Å². The van der Waals surface area contributed by atoms with Gasteiger partial charge in [0.15, 0.2) is 0 Å². The van der Waals surface area contributed by atoms with Crippen LogP contribution in [0.25, 0.3) is 0 Å². The molecular formula is C8H20Na2S2. The van der Waals surface area contributed by atoms with Crippen LogP contribution < -0.4 is 59.1 Å². The van der Waals surface area contributed by atoms with E-state index in [4.69, 9.17) is 0 Å². The minimum atomic E-state index is 0. The molecule has 0 aromatic carbocycles. The van der Waals surface area contributed by atoms with E-state index in [0.717, 1.165) is 0 Å². The van der Waals surface area contributed by atoms with Gasteiger partial charge in [-0.3, -0.25) is 0 Å². The normalized spacial score (nSPS) is 8.50. The maximum absolute atomic E-state index is 2.25. The van der Waals surface area contributed by atoms with Crippen molar-refractivity contribution in [2.75, 3.05) is 11.5 Å². The van der Waals surface area contributed by atoms with Crippen molar-refractivity contribution >= 4 is 21.6 Å². The molecular weight excluding hydrogens is 206 g/mol. The molecule has 0 unspecified atom stereocenters. The Morgan fingerprint density at radius 2 is 1.17 bits per heavy atom. The van der Waals surface area contributed by atoms with Gasteiger partial charge in [-0.1, -0.05) is 48.3 Å². The zero-order valence-electron chi connectivity index (χ0n) is 11.1. The van der Waals surface area contributed by atoms with Crippen LogP contribution >= 0.6 is 21.6 Å². The number of unbranched alkanes of at least 4 members (excludes halogenated alkanes) is 2. The molecule has 0 radical (unpaired) electrons. The second kappa shape index (κ2) is 19.3. The monoisotopic (exact) mass is 226 g/mol. The Morgan fingerprint density at radius 1 is 0.833 bits per heavy atom. The molecule has 66 valence electrons. The summed E-state index contributed by atoms with van der Waals surface area (Å²) in [6, 6.07) is 0. The minimum absolute atomic E-state index is 0. The Balaban J connectivity index is -0.0000000675. The van der Waals surface area contributed by atoms with Gasteiger partial charge < -0.3 is 2.85 Å². The van der Waals surface area contributed by atoms with Crippen LogP contribution in [-0.4, -0.2) is 11.5 Å². The van der Waals surface area contributed by atoms with Gasteiger partial charge in [-0.2, -0.15) is 0 Å². The Kier molecular flexibility index (Phi) is 32.4. The molecule has 0 rings (SSSR count). The van der Waals surface area contributed by atoms with Gasteiger partial charge in [-0.25, -0.2) is 0 Å². The van der Waals surface area contributed by atoms with Crippen molar-refractivity contribution in [1.82, 2.24) is 0 Å². The van der Waals surface area contributed by atoms with E-state index >= 15 is 0 Å². The predicted molar refractivity (Wildman–Crippen MR) is 57.0 cm³/mol. The van der Waals surface area contributed by atoms with Crippen LogP contribution in [0.4, 0.5) is 0 Å². The number of hydrogen-bond donors (Lipinski definition) is 0. The van der Waals surface area contributed by atoms with E-state index in [1.165, 1.54) is 37.2 Å². The first-order valence-electron chi connectivity index (χ1n) is 4.16. The summed E-state index contributed by atoms with van der Waals surface area (Å²) in [5, 5.41) is 0. The van der Waals surface area contributed by atoms with Crippen molar-refractivity contribution in [3.05, 3.63) is 0 Å². The van der Waals surface area contributed by atoms with Crippen LogP contribution in [0.1, 0.15) is 42.4 Å². The van der Waals surface area contributed by atoms with E-state index < -0.39 is 0 Å². The molecule has 0 aromatic rings. The Labute approximate surface area is 133 Å². The minimum Gasteiger partial charge on any atom is -1.00 e. The Morgan fingerprint density at radius 3 is 1.42 bits per heavy atom. The van der Waals surface area contributed by atoms with Gasteiger partial charge in [0.05, 0.1) is 0 Å². The molecule has 0 N–H and O–H groups in total. The third-order valence-electron chi connectivity index (χ3n) is 1.25. The van der Waals surface area contributed by atoms with E-state index in [0.29, 0.717) is 0 Å². The van der Waals surface area contributed by atoms with Gasteiger partial charge >= 0.3 is 59.1 Å². The molecule has 0 aliphatic heterocycles. The number of rotatable bonds is 7. The molecule has 0 saturated carbocycles. The zero-order chi connectivity index (χ0) is 7.66. The van der Waals surface area contributed by atoms with E-state index in [-0.39, 0.29) is 62.0 Å². The molecule has 12 heavy (non-hydrogen) atoms. The van der Waals surface area contributed by atoms with Crippen LogP contribution in [-0.2, 0) is 0 Å². The molecule has 4 heteroatoms. The van der Waals surface area contributed by atoms with Crippen molar-refractivity contribution in [3.63, 3.8) is 0 Å². The maximum atomic E-state index is 2.25. The predicted octanol–water partition coefficient (Wildman–Crippen LogP) is -1.80. The fourth-order valence-corrected chi connectivity index (χ4v) is 2.99. The summed E-state index contributed by atoms with van der Waals surface area (Å²) in [6.07, 6.45) is 5.43. The van der Waals surface area contributed by atoms with Crippen LogP contribution in [0.15, 0.2) is 0 Å². The van der Waals surface area contributed by atoms with Gasteiger partial charge in [0.2, 0.25) is 0 Å². The average Bonchev–Trinajstić information content (AvgIpc) is 1.97. The largest absolute Gasteiger partial charge is 1.00 e. The molecule has 0 spiro atoms. The van der Waals surface area contributed by atoms with Gasteiger partial charge in [-0.05, 0) is 12.8 Å². The molecule has 0 aromatic heterocycles. The molecule has 0 nitrogen and oxygen atoms in total. The molecule has 0 amide bonds. The SMILES string of the molecule is CCCCSSCCCC.[H-].[H-].[Na+].[Na+]. The van der Waals surface area contributed by atoms with Gasteiger partial charge in [0.25, 0.3) is 0 Å². The van der Waals surface area contributed by atoms with Crippen LogP contribution in [0.2, 0.25) is 0 Å². The van der Waals surface area contributed by atoms with E-state index in [1.54, 1.807) is 0 Å². The Hall–Kier alpha value is 2.70. The molecule has 0 atom stereocenters. The van der Waals surface area contributed by atoms with Gasteiger partial charge in [0.1, 0.15) is 0 Å². The second-order valence-electron chi connectivity index (χ2n) is 2.35. The summed E-state index contributed by atoms with van der Waals surface area (Å²) in [6.45, 7) is 4.49. The first-order chi connectivity index (χ1) is 4.91. The second-order valence-corrected chi connectivity index (χ2v) is 5.05. The molecule has 0 aliphatic rings. The van der Waals surface area contributed by atoms with E-state index in [9.17, 15) is 0 Å². The molecule has 0 saturated heterocycles.